The van der Waals surface area contributed by atoms with Crippen molar-refractivity contribution < 1.29 is 13.2 Å². The summed E-state index contributed by atoms with van der Waals surface area (Å²) in [6.07, 6.45) is 3.32. The molecule has 4 aromatic heterocycles. The Bertz CT molecular complexity index is 1840. The van der Waals surface area contributed by atoms with Crippen LogP contribution >= 0.6 is 0 Å². The molecule has 6 nitrogen and oxygen atoms in total. The van der Waals surface area contributed by atoms with Crippen LogP contribution in [0.15, 0.2) is 79.1 Å². The number of nitrogens with one attached hydrogen (secondary N) is 2. The molecule has 194 valence electrons. The Balaban J connectivity index is 1.25. The van der Waals surface area contributed by atoms with Crippen LogP contribution in [0.2, 0.25) is 0 Å². The Morgan fingerprint density at radius 1 is 0.923 bits per heavy atom. The summed E-state index contributed by atoms with van der Waals surface area (Å²) in [5.41, 5.74) is 7.39. The van der Waals surface area contributed by atoms with Gasteiger partial charge in [-0.1, -0.05) is 30.3 Å². The van der Waals surface area contributed by atoms with Gasteiger partial charge < -0.3 is 4.98 Å². The number of aromatic amines is 2. The first kappa shape index (κ1) is 23.6. The zero-order valence-electron chi connectivity index (χ0n) is 20.8. The van der Waals surface area contributed by atoms with E-state index in [1.54, 1.807) is 29.4 Å². The maximum atomic E-state index is 14.6. The largest absolute Gasteiger partial charge is 0.353 e. The topological polar surface area (TPSA) is 73.5 Å². The van der Waals surface area contributed by atoms with Crippen LogP contribution in [0, 0.1) is 5.82 Å². The number of halogens is 3. The van der Waals surface area contributed by atoms with E-state index in [1.807, 2.05) is 48.5 Å². The smallest absolute Gasteiger partial charge is 0.261 e. The minimum atomic E-state index is -2.63. The van der Waals surface area contributed by atoms with Gasteiger partial charge in [0.25, 0.3) is 5.92 Å². The SMILES string of the molecule is Fc1ccccc1-c1cccc2[nH]c(-c3n[nH]c4ccc(-c5cncc(CN6CCC(F)(F)C6)c5)nc34)cc12. The number of fused-ring (bicyclic) bond motifs is 2. The molecule has 0 spiro atoms. The summed E-state index contributed by atoms with van der Waals surface area (Å²) in [4.78, 5) is 14.4. The molecule has 0 unspecified atom stereocenters. The average Bonchev–Trinajstić information content (AvgIpc) is 3.64. The molecule has 0 amide bonds. The summed E-state index contributed by atoms with van der Waals surface area (Å²) in [7, 11) is 0. The van der Waals surface area contributed by atoms with Crippen LogP contribution < -0.4 is 0 Å². The lowest BCUT2D eigenvalue weighted by atomic mass is 10.0. The predicted molar refractivity (Wildman–Crippen MR) is 145 cm³/mol. The Kier molecular flexibility index (Phi) is 5.48. The number of alkyl halides is 2. The van der Waals surface area contributed by atoms with Crippen molar-refractivity contribution in [2.24, 2.45) is 0 Å². The van der Waals surface area contributed by atoms with Crippen LogP contribution in [0.25, 0.3) is 55.7 Å². The number of H-pyrrole nitrogens is 2. The molecule has 0 aliphatic carbocycles. The summed E-state index contributed by atoms with van der Waals surface area (Å²) < 4.78 is 41.9. The first-order chi connectivity index (χ1) is 18.9. The van der Waals surface area contributed by atoms with Gasteiger partial charge in [-0.2, -0.15) is 5.10 Å². The average molecular weight is 525 g/mol. The molecule has 1 saturated heterocycles. The number of pyridine rings is 2. The molecule has 0 bridgehead atoms. The van der Waals surface area contributed by atoms with E-state index in [0.717, 1.165) is 38.8 Å². The molecule has 5 heterocycles. The van der Waals surface area contributed by atoms with Gasteiger partial charge in [0, 0.05) is 53.9 Å². The van der Waals surface area contributed by atoms with E-state index in [-0.39, 0.29) is 18.8 Å². The number of likely N-dealkylation sites (tertiary alicyclic amines) is 1. The van der Waals surface area contributed by atoms with Crippen molar-refractivity contribution in [3.8, 4) is 33.8 Å². The van der Waals surface area contributed by atoms with Crippen LogP contribution in [-0.2, 0) is 6.54 Å². The summed E-state index contributed by atoms with van der Waals surface area (Å²) in [6.45, 7) is 0.543. The molecule has 39 heavy (non-hydrogen) atoms. The van der Waals surface area contributed by atoms with Gasteiger partial charge in [-0.3, -0.25) is 15.0 Å². The Hall–Kier alpha value is -4.50. The molecule has 1 fully saturated rings. The summed E-state index contributed by atoms with van der Waals surface area (Å²) >= 11 is 0. The molecular formula is C30H23F3N6. The van der Waals surface area contributed by atoms with E-state index in [2.05, 4.69) is 20.2 Å². The van der Waals surface area contributed by atoms with Crippen molar-refractivity contribution in [1.29, 1.82) is 0 Å². The van der Waals surface area contributed by atoms with Crippen molar-refractivity contribution in [2.75, 3.05) is 13.1 Å². The number of hydrogen-bond acceptors (Lipinski definition) is 4. The van der Waals surface area contributed by atoms with E-state index < -0.39 is 5.92 Å². The normalized spacial score (nSPS) is 15.5. The van der Waals surface area contributed by atoms with Crippen molar-refractivity contribution in [2.45, 2.75) is 18.9 Å². The lowest BCUT2D eigenvalue weighted by Gasteiger charge is -2.15. The summed E-state index contributed by atoms with van der Waals surface area (Å²) in [5.74, 6) is -2.91. The Labute approximate surface area is 221 Å². The number of aromatic nitrogens is 5. The third-order valence-corrected chi connectivity index (χ3v) is 7.24. The van der Waals surface area contributed by atoms with E-state index in [1.165, 1.54) is 6.07 Å². The van der Waals surface area contributed by atoms with Gasteiger partial charge >= 0.3 is 0 Å². The monoisotopic (exact) mass is 524 g/mol. The number of hydrogen-bond donors (Lipinski definition) is 2. The van der Waals surface area contributed by atoms with Gasteiger partial charge in [-0.25, -0.2) is 18.2 Å². The van der Waals surface area contributed by atoms with Gasteiger partial charge in [0.1, 0.15) is 17.0 Å². The van der Waals surface area contributed by atoms with E-state index in [9.17, 15) is 13.2 Å². The van der Waals surface area contributed by atoms with Crippen LogP contribution in [0.3, 0.4) is 0 Å². The minimum absolute atomic E-state index is 0.114. The number of rotatable bonds is 5. The molecule has 6 aromatic rings. The van der Waals surface area contributed by atoms with Crippen LogP contribution in [0.4, 0.5) is 13.2 Å². The maximum absolute atomic E-state index is 14.6. The third kappa shape index (κ3) is 4.34. The second kappa shape index (κ2) is 9.06. The van der Waals surface area contributed by atoms with Crippen molar-refractivity contribution in [3.63, 3.8) is 0 Å². The van der Waals surface area contributed by atoms with Gasteiger partial charge in [0.15, 0.2) is 0 Å². The van der Waals surface area contributed by atoms with Crippen LogP contribution in [0.1, 0.15) is 12.0 Å². The van der Waals surface area contributed by atoms with Crippen molar-refractivity contribution in [3.05, 3.63) is 90.5 Å². The molecule has 9 heteroatoms. The summed E-state index contributed by atoms with van der Waals surface area (Å²) in [6, 6.07) is 20.2. The van der Waals surface area contributed by atoms with E-state index in [0.29, 0.717) is 35.6 Å². The highest BCUT2D eigenvalue weighted by Gasteiger charge is 2.37. The minimum Gasteiger partial charge on any atom is -0.353 e. The quantitative estimate of drug-likeness (QED) is 0.260. The lowest BCUT2D eigenvalue weighted by molar-refractivity contribution is 0.0115. The molecule has 0 radical (unpaired) electrons. The van der Waals surface area contributed by atoms with Gasteiger partial charge in [0.2, 0.25) is 0 Å². The lowest BCUT2D eigenvalue weighted by Crippen LogP contribution is -2.24. The number of benzene rings is 2. The van der Waals surface area contributed by atoms with Gasteiger partial charge in [-0.05, 0) is 47.5 Å². The highest BCUT2D eigenvalue weighted by atomic mass is 19.3. The highest BCUT2D eigenvalue weighted by molar-refractivity contribution is 6.00. The van der Waals surface area contributed by atoms with Crippen molar-refractivity contribution >= 4 is 21.9 Å². The van der Waals surface area contributed by atoms with E-state index >= 15 is 0 Å². The zero-order chi connectivity index (χ0) is 26.6. The van der Waals surface area contributed by atoms with Crippen molar-refractivity contribution in [1.82, 2.24) is 30.0 Å². The molecule has 2 N–H and O–H groups in total. The number of nitrogens with zero attached hydrogens (tertiary/aromatic N) is 4. The zero-order valence-corrected chi connectivity index (χ0v) is 20.8. The fraction of sp³-hybridized carbons (Fsp3) is 0.167. The molecule has 0 atom stereocenters. The maximum Gasteiger partial charge on any atom is 0.261 e. The molecule has 1 aliphatic rings. The van der Waals surface area contributed by atoms with Gasteiger partial charge in [0.05, 0.1) is 23.4 Å². The second-order valence-corrected chi connectivity index (χ2v) is 9.99. The molecule has 0 saturated carbocycles. The molecule has 7 rings (SSSR count). The fourth-order valence-corrected chi connectivity index (χ4v) is 5.36. The predicted octanol–water partition coefficient (Wildman–Crippen LogP) is 6.82. The fourth-order valence-electron chi connectivity index (χ4n) is 5.36. The first-order valence-corrected chi connectivity index (χ1v) is 12.7. The highest BCUT2D eigenvalue weighted by Crippen LogP contribution is 2.35. The standard InChI is InChI=1S/C30H23F3N6/c31-23-6-2-1-4-21(23)20-5-3-7-25-22(20)13-27(35-25)29-28-26(37-38-29)9-8-24(36-28)19-12-18(14-34-15-19)16-39-11-10-30(32,33)17-39/h1-9,12-15,35H,10-11,16-17H2,(H,37,38). The third-order valence-electron chi connectivity index (χ3n) is 7.24. The van der Waals surface area contributed by atoms with Crippen LogP contribution in [0.5, 0.6) is 0 Å². The van der Waals surface area contributed by atoms with Gasteiger partial charge in [-0.15, -0.1) is 0 Å². The molecule has 2 aromatic carbocycles. The first-order valence-electron chi connectivity index (χ1n) is 12.7. The van der Waals surface area contributed by atoms with Crippen LogP contribution in [-0.4, -0.2) is 49.1 Å². The second-order valence-electron chi connectivity index (χ2n) is 9.99. The van der Waals surface area contributed by atoms with E-state index in [4.69, 9.17) is 4.98 Å². The molecule has 1 aliphatic heterocycles. The summed E-state index contributed by atoms with van der Waals surface area (Å²) in [5, 5.41) is 8.46. The Morgan fingerprint density at radius 2 is 1.79 bits per heavy atom. The molecular weight excluding hydrogens is 501 g/mol. The Morgan fingerprint density at radius 3 is 2.64 bits per heavy atom.